The monoisotopic (exact) mass is 510 g/mol. The van der Waals surface area contributed by atoms with Crippen LogP contribution in [-0.2, 0) is 17.3 Å². The van der Waals surface area contributed by atoms with E-state index in [1.54, 1.807) is 0 Å². The third kappa shape index (κ3) is 8.59. The van der Waals surface area contributed by atoms with Crippen LogP contribution in [0.15, 0.2) is 72.8 Å². The fourth-order valence-corrected chi connectivity index (χ4v) is 5.68. The molecule has 0 unspecified atom stereocenters. The van der Waals surface area contributed by atoms with E-state index in [0.717, 1.165) is 0 Å². The molecule has 206 valence electrons. The highest BCUT2D eigenvalue weighted by Crippen LogP contribution is 2.37. The molecule has 0 radical (unpaired) electrons. The van der Waals surface area contributed by atoms with E-state index in [0.29, 0.717) is 0 Å². The molecule has 0 nitrogen and oxygen atoms in total. The van der Waals surface area contributed by atoms with Crippen LogP contribution in [0.3, 0.4) is 0 Å². The number of rotatable bonds is 16. The SMILES string of the molecule is CCCCCCCCCCCCCc1ccc(C(C)(C)c2cccc(C(C)(C)c3ccc(C)cc3)c2)cc1. The summed E-state index contributed by atoms with van der Waals surface area (Å²) in [7, 11) is 0. The molecule has 0 atom stereocenters. The molecule has 0 amide bonds. The lowest BCUT2D eigenvalue weighted by Gasteiger charge is -2.31. The number of benzene rings is 3. The predicted molar refractivity (Wildman–Crippen MR) is 168 cm³/mol. The highest BCUT2D eigenvalue weighted by Gasteiger charge is 2.27. The first-order valence-electron chi connectivity index (χ1n) is 15.5. The van der Waals surface area contributed by atoms with E-state index in [4.69, 9.17) is 0 Å². The molecule has 0 aliphatic heterocycles. The van der Waals surface area contributed by atoms with Gasteiger partial charge in [-0.15, -0.1) is 0 Å². The van der Waals surface area contributed by atoms with Gasteiger partial charge in [0.1, 0.15) is 0 Å². The van der Waals surface area contributed by atoms with Crippen LogP contribution < -0.4 is 0 Å². The second-order valence-electron chi connectivity index (χ2n) is 12.7. The van der Waals surface area contributed by atoms with Crippen LogP contribution >= 0.6 is 0 Å². The largest absolute Gasteiger partial charge is 0.0654 e. The molecular formula is C38H54. The Balaban J connectivity index is 1.51. The molecule has 0 heteroatoms. The van der Waals surface area contributed by atoms with E-state index >= 15 is 0 Å². The maximum Gasteiger partial charge on any atom is 0.0146 e. The van der Waals surface area contributed by atoms with Crippen molar-refractivity contribution in [2.75, 3.05) is 0 Å². The zero-order chi connectivity index (χ0) is 27.4. The second kappa shape index (κ2) is 14.7. The molecular weight excluding hydrogens is 456 g/mol. The smallest absolute Gasteiger partial charge is 0.0146 e. The van der Waals surface area contributed by atoms with Crippen molar-refractivity contribution < 1.29 is 0 Å². The standard InChI is InChI=1S/C38H54/c1-7-8-9-10-11-12-13-14-15-16-17-19-32-24-28-34(29-25-32)38(5,6)36-21-18-20-35(30-36)37(3,4)33-26-22-31(2)23-27-33/h18,20-30H,7-17,19H2,1-6H3. The van der Waals surface area contributed by atoms with Gasteiger partial charge in [-0.2, -0.15) is 0 Å². The lowest BCUT2D eigenvalue weighted by molar-refractivity contribution is 0.549. The summed E-state index contributed by atoms with van der Waals surface area (Å²) >= 11 is 0. The van der Waals surface area contributed by atoms with E-state index in [2.05, 4.69) is 114 Å². The van der Waals surface area contributed by atoms with Crippen molar-refractivity contribution >= 4 is 0 Å². The average Bonchev–Trinajstić information content (AvgIpc) is 2.92. The second-order valence-corrected chi connectivity index (χ2v) is 12.7. The van der Waals surface area contributed by atoms with E-state index in [1.165, 1.54) is 110 Å². The van der Waals surface area contributed by atoms with Gasteiger partial charge in [-0.25, -0.2) is 0 Å². The maximum absolute atomic E-state index is 2.43. The minimum atomic E-state index is -0.0333. The predicted octanol–water partition coefficient (Wildman–Crippen LogP) is 11.5. The Kier molecular flexibility index (Phi) is 11.7. The highest BCUT2D eigenvalue weighted by molar-refractivity contribution is 5.45. The first kappa shape index (κ1) is 30.2. The van der Waals surface area contributed by atoms with Crippen LogP contribution in [0.1, 0.15) is 139 Å². The van der Waals surface area contributed by atoms with Gasteiger partial charge in [-0.05, 0) is 47.6 Å². The summed E-state index contributed by atoms with van der Waals surface area (Å²) in [6, 6.07) is 27.7. The van der Waals surface area contributed by atoms with Crippen LogP contribution in [0.25, 0.3) is 0 Å². The van der Waals surface area contributed by atoms with Gasteiger partial charge >= 0.3 is 0 Å². The minimum Gasteiger partial charge on any atom is -0.0654 e. The molecule has 0 saturated heterocycles. The minimum absolute atomic E-state index is 0.0295. The van der Waals surface area contributed by atoms with Crippen molar-refractivity contribution in [3.8, 4) is 0 Å². The highest BCUT2D eigenvalue weighted by atomic mass is 14.3. The average molecular weight is 511 g/mol. The Morgan fingerprint density at radius 1 is 0.474 bits per heavy atom. The third-order valence-corrected chi connectivity index (χ3v) is 8.82. The Morgan fingerprint density at radius 2 is 0.895 bits per heavy atom. The molecule has 0 fully saturated rings. The van der Waals surface area contributed by atoms with Gasteiger partial charge < -0.3 is 0 Å². The van der Waals surface area contributed by atoms with Gasteiger partial charge in [-0.1, -0.05) is 177 Å². The van der Waals surface area contributed by atoms with Gasteiger partial charge in [0.05, 0.1) is 0 Å². The lowest BCUT2D eigenvalue weighted by Crippen LogP contribution is -2.23. The number of hydrogen-bond donors (Lipinski definition) is 0. The molecule has 3 aromatic carbocycles. The summed E-state index contributed by atoms with van der Waals surface area (Å²) in [6.45, 7) is 13.9. The van der Waals surface area contributed by atoms with Crippen LogP contribution in [0.4, 0.5) is 0 Å². The first-order chi connectivity index (χ1) is 18.2. The van der Waals surface area contributed by atoms with Crippen LogP contribution in [-0.4, -0.2) is 0 Å². The van der Waals surface area contributed by atoms with Crippen molar-refractivity contribution in [1.82, 2.24) is 0 Å². The molecule has 0 aliphatic rings. The fourth-order valence-electron chi connectivity index (χ4n) is 5.68. The van der Waals surface area contributed by atoms with Crippen LogP contribution in [0.2, 0.25) is 0 Å². The molecule has 0 N–H and O–H groups in total. The zero-order valence-corrected chi connectivity index (χ0v) is 25.4. The molecule has 3 aromatic rings. The fraction of sp³-hybridized carbons (Fsp3) is 0.526. The Morgan fingerprint density at radius 3 is 1.37 bits per heavy atom. The molecule has 0 spiro atoms. The van der Waals surface area contributed by atoms with Gasteiger partial charge in [0.25, 0.3) is 0 Å². The Labute approximate surface area is 235 Å². The maximum atomic E-state index is 2.43. The van der Waals surface area contributed by atoms with Crippen LogP contribution in [0, 0.1) is 6.92 Å². The molecule has 3 rings (SSSR count). The van der Waals surface area contributed by atoms with Crippen molar-refractivity contribution in [1.29, 1.82) is 0 Å². The zero-order valence-electron chi connectivity index (χ0n) is 25.4. The van der Waals surface area contributed by atoms with Crippen LogP contribution in [0.5, 0.6) is 0 Å². The van der Waals surface area contributed by atoms with E-state index in [1.807, 2.05) is 0 Å². The molecule has 0 aliphatic carbocycles. The summed E-state index contributed by atoms with van der Waals surface area (Å²) in [6.07, 6.45) is 16.7. The summed E-state index contributed by atoms with van der Waals surface area (Å²) < 4.78 is 0. The Hall–Kier alpha value is -2.34. The van der Waals surface area contributed by atoms with Gasteiger partial charge in [-0.3, -0.25) is 0 Å². The number of aryl methyl sites for hydroxylation is 2. The van der Waals surface area contributed by atoms with Crippen molar-refractivity contribution in [3.05, 3.63) is 106 Å². The molecule has 0 aromatic heterocycles. The molecule has 0 saturated carbocycles. The quantitative estimate of drug-likeness (QED) is 0.168. The van der Waals surface area contributed by atoms with Gasteiger partial charge in [0.15, 0.2) is 0 Å². The van der Waals surface area contributed by atoms with Gasteiger partial charge in [0, 0.05) is 10.8 Å². The van der Waals surface area contributed by atoms with Gasteiger partial charge in [0.2, 0.25) is 0 Å². The Bertz CT molecular complexity index is 1070. The normalized spacial score (nSPS) is 12.2. The van der Waals surface area contributed by atoms with E-state index in [-0.39, 0.29) is 10.8 Å². The van der Waals surface area contributed by atoms with Crippen molar-refractivity contribution in [2.45, 2.75) is 129 Å². The first-order valence-corrected chi connectivity index (χ1v) is 15.5. The summed E-state index contributed by atoms with van der Waals surface area (Å²) in [5.74, 6) is 0. The number of hydrogen-bond acceptors (Lipinski definition) is 0. The van der Waals surface area contributed by atoms with Crippen molar-refractivity contribution in [2.24, 2.45) is 0 Å². The molecule has 38 heavy (non-hydrogen) atoms. The molecule has 0 heterocycles. The lowest BCUT2D eigenvalue weighted by atomic mass is 9.73. The third-order valence-electron chi connectivity index (χ3n) is 8.82. The summed E-state index contributed by atoms with van der Waals surface area (Å²) in [5.41, 5.74) is 8.25. The summed E-state index contributed by atoms with van der Waals surface area (Å²) in [5, 5.41) is 0. The topological polar surface area (TPSA) is 0 Å². The number of unbranched alkanes of at least 4 members (excludes halogenated alkanes) is 10. The van der Waals surface area contributed by atoms with E-state index in [9.17, 15) is 0 Å². The molecule has 0 bridgehead atoms. The van der Waals surface area contributed by atoms with Crippen molar-refractivity contribution in [3.63, 3.8) is 0 Å². The summed E-state index contributed by atoms with van der Waals surface area (Å²) in [4.78, 5) is 0. The van der Waals surface area contributed by atoms with E-state index < -0.39 is 0 Å².